The zero-order valence-corrected chi connectivity index (χ0v) is 19.3. The van der Waals surface area contributed by atoms with Gasteiger partial charge in [-0.2, -0.15) is 18.0 Å². The van der Waals surface area contributed by atoms with Crippen molar-refractivity contribution in [3.8, 4) is 10.6 Å². The summed E-state index contributed by atoms with van der Waals surface area (Å²) in [6.07, 6.45) is -0.359. The fourth-order valence-corrected chi connectivity index (χ4v) is 5.68. The van der Waals surface area contributed by atoms with Gasteiger partial charge in [-0.05, 0) is 42.5 Å². The molecule has 0 aliphatic heterocycles. The number of aliphatic hydroxyl groups excluding tert-OH is 2. The summed E-state index contributed by atoms with van der Waals surface area (Å²) in [4.78, 5) is 5.41. The van der Waals surface area contributed by atoms with Crippen LogP contribution in [0.4, 0.5) is 5.82 Å². The molecule has 0 bridgehead atoms. The molecule has 1 aromatic carbocycles. The highest BCUT2D eigenvalue weighted by molar-refractivity contribution is 7.84. The standard InChI is InChI=1S/C21H23N5O5S2/c1-11-2-3-12-8-17(32-16(12)6-11)14-9-19-23-5-4-18(26(19)25-14)24-15-7-13(20(27)21(15)28)10-31-33(22,29)30/h2-6,8-9,13,15,20-21,24,27-28H,7,10H2,1H3,(H2,22,29,30)/t13?,15-,20-,21+/m1/s1. The number of anilines is 1. The summed E-state index contributed by atoms with van der Waals surface area (Å²) in [6, 6.07) is 11.5. The molecule has 5 N–H and O–H groups in total. The topological polar surface area (TPSA) is 152 Å². The minimum absolute atomic E-state index is 0.283. The predicted molar refractivity (Wildman–Crippen MR) is 125 cm³/mol. The van der Waals surface area contributed by atoms with E-state index in [4.69, 9.17) is 10.2 Å². The number of nitrogens with one attached hydrogen (secondary N) is 1. The van der Waals surface area contributed by atoms with E-state index >= 15 is 0 Å². The van der Waals surface area contributed by atoms with Crippen LogP contribution in [0.15, 0.2) is 42.6 Å². The lowest BCUT2D eigenvalue weighted by Gasteiger charge is -2.19. The van der Waals surface area contributed by atoms with Crippen molar-refractivity contribution in [2.75, 3.05) is 11.9 Å². The maximum Gasteiger partial charge on any atom is 0.333 e. The molecular weight excluding hydrogens is 466 g/mol. The zero-order valence-electron chi connectivity index (χ0n) is 17.6. The van der Waals surface area contributed by atoms with Crippen LogP contribution < -0.4 is 10.5 Å². The minimum Gasteiger partial charge on any atom is -0.390 e. The molecule has 1 fully saturated rings. The quantitative estimate of drug-likeness (QED) is 0.319. The second-order valence-corrected chi connectivity index (χ2v) is 10.6. The maximum atomic E-state index is 11.1. The molecule has 0 radical (unpaired) electrons. The third-order valence-corrected chi connectivity index (χ3v) is 7.45. The van der Waals surface area contributed by atoms with Gasteiger partial charge >= 0.3 is 10.3 Å². The Morgan fingerprint density at radius 2 is 2.06 bits per heavy atom. The molecule has 3 heterocycles. The molecule has 0 spiro atoms. The smallest absolute Gasteiger partial charge is 0.333 e. The van der Waals surface area contributed by atoms with Crippen molar-refractivity contribution in [2.24, 2.45) is 11.1 Å². The molecule has 0 saturated heterocycles. The first-order valence-corrected chi connectivity index (χ1v) is 12.6. The number of aliphatic hydroxyl groups is 2. The van der Waals surface area contributed by atoms with Crippen LogP contribution in [0.3, 0.4) is 0 Å². The van der Waals surface area contributed by atoms with E-state index in [1.165, 1.54) is 10.3 Å². The van der Waals surface area contributed by atoms with Crippen LogP contribution in [0, 0.1) is 12.8 Å². The van der Waals surface area contributed by atoms with Crippen LogP contribution in [0.25, 0.3) is 26.3 Å². The molecule has 0 amide bonds. The summed E-state index contributed by atoms with van der Waals surface area (Å²) < 4.78 is 29.6. The first kappa shape index (κ1) is 22.2. The Balaban J connectivity index is 1.40. The Bertz CT molecular complexity index is 1430. The van der Waals surface area contributed by atoms with E-state index in [2.05, 4.69) is 45.7 Å². The van der Waals surface area contributed by atoms with Crippen LogP contribution in [0.2, 0.25) is 0 Å². The SMILES string of the molecule is Cc1ccc2cc(-c3cc4nccc(N[C@@H]5CC(COS(N)(=O)=O)[C@@H](O)[C@H]5O)n4n3)sc2c1. The zero-order chi connectivity index (χ0) is 23.3. The average molecular weight is 490 g/mol. The summed E-state index contributed by atoms with van der Waals surface area (Å²) >= 11 is 1.66. The Kier molecular flexibility index (Phi) is 5.59. The summed E-state index contributed by atoms with van der Waals surface area (Å²) in [6.45, 7) is 1.75. The summed E-state index contributed by atoms with van der Waals surface area (Å²) in [7, 11) is -4.13. The van der Waals surface area contributed by atoms with Gasteiger partial charge in [-0.1, -0.05) is 12.1 Å². The van der Waals surface area contributed by atoms with Crippen molar-refractivity contribution in [3.05, 3.63) is 48.2 Å². The summed E-state index contributed by atoms with van der Waals surface area (Å²) in [5, 5.41) is 34.7. The number of rotatable bonds is 6. The first-order chi connectivity index (χ1) is 15.7. The van der Waals surface area contributed by atoms with Crippen molar-refractivity contribution >= 4 is 43.2 Å². The monoisotopic (exact) mass is 489 g/mol. The van der Waals surface area contributed by atoms with Gasteiger partial charge in [0, 0.05) is 22.9 Å². The molecule has 10 nitrogen and oxygen atoms in total. The van der Waals surface area contributed by atoms with Crippen molar-refractivity contribution in [2.45, 2.75) is 31.6 Å². The number of nitrogens with zero attached hydrogens (tertiary/aromatic N) is 3. The molecule has 3 aromatic heterocycles. The largest absolute Gasteiger partial charge is 0.390 e. The van der Waals surface area contributed by atoms with E-state index in [0.717, 1.165) is 16.0 Å². The fourth-order valence-electron chi connectivity index (χ4n) is 4.19. The van der Waals surface area contributed by atoms with Gasteiger partial charge in [-0.15, -0.1) is 11.3 Å². The molecule has 1 saturated carbocycles. The van der Waals surface area contributed by atoms with Crippen molar-refractivity contribution in [1.29, 1.82) is 0 Å². The molecule has 12 heteroatoms. The van der Waals surface area contributed by atoms with Crippen LogP contribution in [0.1, 0.15) is 12.0 Å². The van der Waals surface area contributed by atoms with Crippen LogP contribution in [-0.2, 0) is 14.5 Å². The minimum atomic E-state index is -4.13. The number of thiophene rings is 1. The van der Waals surface area contributed by atoms with E-state index < -0.39 is 34.5 Å². The average Bonchev–Trinajstić information content (AvgIpc) is 3.44. The van der Waals surface area contributed by atoms with Gasteiger partial charge in [0.05, 0.1) is 23.6 Å². The maximum absolute atomic E-state index is 11.1. The molecule has 4 aromatic rings. The van der Waals surface area contributed by atoms with Crippen LogP contribution >= 0.6 is 11.3 Å². The fraction of sp³-hybridized carbons (Fsp3) is 0.333. The predicted octanol–water partition coefficient (Wildman–Crippen LogP) is 1.66. The number of hydrogen-bond acceptors (Lipinski definition) is 9. The Hall–Kier alpha value is -2.61. The second kappa shape index (κ2) is 8.31. The van der Waals surface area contributed by atoms with Gasteiger partial charge in [0.2, 0.25) is 0 Å². The molecule has 5 rings (SSSR count). The number of aromatic nitrogens is 3. The van der Waals surface area contributed by atoms with Crippen molar-refractivity contribution in [1.82, 2.24) is 14.6 Å². The van der Waals surface area contributed by atoms with E-state index in [0.29, 0.717) is 11.5 Å². The van der Waals surface area contributed by atoms with Gasteiger partial charge in [0.1, 0.15) is 17.6 Å². The number of benzene rings is 1. The van der Waals surface area contributed by atoms with Crippen molar-refractivity contribution in [3.63, 3.8) is 0 Å². The van der Waals surface area contributed by atoms with E-state index in [9.17, 15) is 18.6 Å². The van der Waals surface area contributed by atoms with Gasteiger partial charge in [0.25, 0.3) is 0 Å². The molecule has 174 valence electrons. The second-order valence-electron chi connectivity index (χ2n) is 8.29. The molecule has 1 aliphatic carbocycles. The molecule has 1 unspecified atom stereocenters. The molecule has 1 aliphatic rings. The normalized spacial score (nSPS) is 23.5. The lowest BCUT2D eigenvalue weighted by Crippen LogP contribution is -2.36. The molecule has 4 atom stereocenters. The lowest BCUT2D eigenvalue weighted by molar-refractivity contribution is 0.00777. The van der Waals surface area contributed by atoms with E-state index in [-0.39, 0.29) is 13.0 Å². The van der Waals surface area contributed by atoms with E-state index in [1.54, 1.807) is 28.1 Å². The van der Waals surface area contributed by atoms with Gasteiger partial charge in [-0.25, -0.2) is 10.1 Å². The highest BCUT2D eigenvalue weighted by atomic mass is 32.2. The van der Waals surface area contributed by atoms with Gasteiger partial charge < -0.3 is 15.5 Å². The summed E-state index contributed by atoms with van der Waals surface area (Å²) in [5.74, 6) is -0.00388. The number of hydrogen-bond donors (Lipinski definition) is 4. The van der Waals surface area contributed by atoms with Crippen molar-refractivity contribution < 1.29 is 22.8 Å². The highest BCUT2D eigenvalue weighted by Gasteiger charge is 2.42. The summed E-state index contributed by atoms with van der Waals surface area (Å²) in [5.41, 5.74) is 2.61. The van der Waals surface area contributed by atoms with Crippen LogP contribution in [-0.4, -0.2) is 58.1 Å². The third-order valence-electron chi connectivity index (χ3n) is 5.87. The van der Waals surface area contributed by atoms with Crippen LogP contribution in [0.5, 0.6) is 0 Å². The molecular formula is C21H23N5O5S2. The third kappa shape index (κ3) is 4.45. The molecule has 33 heavy (non-hydrogen) atoms. The number of nitrogens with two attached hydrogens (primary N) is 1. The van der Waals surface area contributed by atoms with Gasteiger partial charge in [0.15, 0.2) is 5.65 Å². The van der Waals surface area contributed by atoms with Gasteiger partial charge in [-0.3, -0.25) is 4.18 Å². The number of aryl methyl sites for hydroxylation is 1. The lowest BCUT2D eigenvalue weighted by atomic mass is 10.1. The first-order valence-electron chi connectivity index (χ1n) is 10.3. The Morgan fingerprint density at radius 1 is 1.24 bits per heavy atom. The number of fused-ring (bicyclic) bond motifs is 2. The Morgan fingerprint density at radius 3 is 2.85 bits per heavy atom. The Labute approximate surface area is 193 Å². The van der Waals surface area contributed by atoms with E-state index in [1.807, 2.05) is 6.07 Å². The highest BCUT2D eigenvalue weighted by Crippen LogP contribution is 2.34.